The lowest BCUT2D eigenvalue weighted by Crippen LogP contribution is -2.14. The summed E-state index contributed by atoms with van der Waals surface area (Å²) in [5.41, 5.74) is -0.150. The highest BCUT2D eigenvalue weighted by Crippen LogP contribution is 2.22. The molecule has 2 N–H and O–H groups in total. The van der Waals surface area contributed by atoms with Crippen molar-refractivity contribution in [2.24, 2.45) is 0 Å². The summed E-state index contributed by atoms with van der Waals surface area (Å²) in [5, 5.41) is 12.4. The van der Waals surface area contributed by atoms with E-state index in [0.29, 0.717) is 4.47 Å². The highest BCUT2D eigenvalue weighted by atomic mass is 79.9. The number of nitrogens with one attached hydrogen (secondary N) is 1. The van der Waals surface area contributed by atoms with Crippen molar-refractivity contribution < 1.29 is 22.8 Å². The molecule has 0 aliphatic rings. The van der Waals surface area contributed by atoms with Crippen LogP contribution in [0, 0.1) is 0 Å². The molecule has 0 radical (unpaired) electrons. The number of nitrogens with zero attached hydrogens (tertiary/aromatic N) is 1. The van der Waals surface area contributed by atoms with Gasteiger partial charge >= 0.3 is 5.97 Å². The molecule has 0 bridgehead atoms. The van der Waals surface area contributed by atoms with Gasteiger partial charge in [-0.2, -0.15) is 0 Å². The highest BCUT2D eigenvalue weighted by molar-refractivity contribution is 9.10. The van der Waals surface area contributed by atoms with E-state index in [9.17, 15) is 13.2 Å². The van der Waals surface area contributed by atoms with Crippen LogP contribution in [-0.4, -0.2) is 24.7 Å². The third kappa shape index (κ3) is 2.93. The van der Waals surface area contributed by atoms with Gasteiger partial charge in [0.25, 0.3) is 10.0 Å². The number of aromatic carboxylic acids is 1. The SMILES string of the molecule is O=C(O)c1cc(S(=O)(=O)Nc2ccon2)ccc1Br. The second-order valence-corrected chi connectivity index (χ2v) is 5.97. The summed E-state index contributed by atoms with van der Waals surface area (Å²) in [6.45, 7) is 0. The van der Waals surface area contributed by atoms with E-state index in [0.717, 1.165) is 6.07 Å². The van der Waals surface area contributed by atoms with Crippen LogP contribution in [0.2, 0.25) is 0 Å². The van der Waals surface area contributed by atoms with Crippen LogP contribution in [0.1, 0.15) is 10.4 Å². The number of hydrogen-bond acceptors (Lipinski definition) is 5. The minimum atomic E-state index is -3.91. The van der Waals surface area contributed by atoms with Crippen LogP contribution in [0.4, 0.5) is 5.82 Å². The fourth-order valence-electron chi connectivity index (χ4n) is 1.30. The maximum atomic E-state index is 12.0. The van der Waals surface area contributed by atoms with E-state index in [-0.39, 0.29) is 16.3 Å². The zero-order valence-electron chi connectivity index (χ0n) is 9.20. The molecule has 0 saturated heterocycles. The van der Waals surface area contributed by atoms with Crippen LogP contribution in [0.25, 0.3) is 0 Å². The summed E-state index contributed by atoms with van der Waals surface area (Å²) in [6.07, 6.45) is 1.21. The molecule has 0 fully saturated rings. The Hall–Kier alpha value is -1.87. The van der Waals surface area contributed by atoms with Crippen LogP contribution >= 0.6 is 15.9 Å². The van der Waals surface area contributed by atoms with E-state index in [4.69, 9.17) is 5.11 Å². The van der Waals surface area contributed by atoms with Crippen molar-refractivity contribution in [3.05, 3.63) is 40.6 Å². The first-order valence-corrected chi connectivity index (χ1v) is 7.14. The average molecular weight is 347 g/mol. The van der Waals surface area contributed by atoms with Gasteiger partial charge < -0.3 is 9.63 Å². The van der Waals surface area contributed by atoms with E-state index in [1.807, 2.05) is 0 Å². The predicted molar refractivity (Wildman–Crippen MR) is 68.4 cm³/mol. The molecular formula is C10H7BrN2O5S. The lowest BCUT2D eigenvalue weighted by molar-refractivity contribution is 0.0695. The van der Waals surface area contributed by atoms with Gasteiger partial charge in [-0.3, -0.25) is 4.72 Å². The van der Waals surface area contributed by atoms with Crippen LogP contribution < -0.4 is 4.72 Å². The molecule has 0 atom stereocenters. The third-order valence-corrected chi connectivity index (χ3v) is 4.20. The number of rotatable bonds is 4. The molecule has 2 rings (SSSR count). The van der Waals surface area contributed by atoms with Crippen molar-refractivity contribution in [3.8, 4) is 0 Å². The third-order valence-electron chi connectivity index (χ3n) is 2.16. The number of aromatic nitrogens is 1. The topological polar surface area (TPSA) is 110 Å². The molecule has 0 aliphatic carbocycles. The van der Waals surface area contributed by atoms with Gasteiger partial charge in [0.15, 0.2) is 5.82 Å². The van der Waals surface area contributed by atoms with Crippen molar-refractivity contribution in [2.75, 3.05) is 4.72 Å². The summed E-state index contributed by atoms with van der Waals surface area (Å²) in [7, 11) is -3.91. The minimum absolute atomic E-state index is 0.0137. The smallest absolute Gasteiger partial charge is 0.336 e. The molecule has 1 aromatic heterocycles. The van der Waals surface area contributed by atoms with E-state index >= 15 is 0 Å². The van der Waals surface area contributed by atoms with Gasteiger partial charge in [0.2, 0.25) is 0 Å². The Kier molecular flexibility index (Phi) is 3.58. The molecule has 7 nitrogen and oxygen atoms in total. The summed E-state index contributed by atoms with van der Waals surface area (Å²) < 4.78 is 30.9. The number of hydrogen-bond donors (Lipinski definition) is 2. The first kappa shape index (κ1) is 13.6. The average Bonchev–Trinajstić information content (AvgIpc) is 2.80. The molecule has 2 aromatic rings. The van der Waals surface area contributed by atoms with Crippen molar-refractivity contribution in [2.45, 2.75) is 4.90 Å². The molecule has 1 aromatic carbocycles. The number of benzene rings is 1. The molecule has 1 heterocycles. The predicted octanol–water partition coefficient (Wildman–Crippen LogP) is 1.94. The van der Waals surface area contributed by atoms with Gasteiger partial charge in [-0.15, -0.1) is 0 Å². The summed E-state index contributed by atoms with van der Waals surface area (Å²) >= 11 is 3.03. The van der Waals surface area contributed by atoms with Crippen molar-refractivity contribution in [3.63, 3.8) is 0 Å². The van der Waals surface area contributed by atoms with Crippen LogP contribution in [-0.2, 0) is 10.0 Å². The largest absolute Gasteiger partial charge is 0.478 e. The van der Waals surface area contributed by atoms with Gasteiger partial charge in [0.1, 0.15) is 6.26 Å². The molecule has 0 unspecified atom stereocenters. The van der Waals surface area contributed by atoms with Crippen LogP contribution in [0.3, 0.4) is 0 Å². The Balaban J connectivity index is 2.41. The minimum Gasteiger partial charge on any atom is -0.478 e. The molecule has 19 heavy (non-hydrogen) atoms. The Bertz CT molecular complexity index is 712. The molecule has 100 valence electrons. The molecular weight excluding hydrogens is 340 g/mol. The van der Waals surface area contributed by atoms with Gasteiger partial charge in [-0.05, 0) is 34.1 Å². The first-order valence-electron chi connectivity index (χ1n) is 4.86. The Morgan fingerprint density at radius 1 is 1.37 bits per heavy atom. The number of carboxylic acid groups (broad SMARTS) is 1. The van der Waals surface area contributed by atoms with Crippen LogP contribution in [0.15, 0.2) is 44.4 Å². The van der Waals surface area contributed by atoms with Gasteiger partial charge in [0, 0.05) is 10.5 Å². The molecule has 0 spiro atoms. The van der Waals surface area contributed by atoms with Gasteiger partial charge in [-0.1, -0.05) is 5.16 Å². The molecule has 9 heteroatoms. The van der Waals surface area contributed by atoms with Gasteiger partial charge in [-0.25, -0.2) is 13.2 Å². The normalized spacial score (nSPS) is 11.2. The second-order valence-electron chi connectivity index (χ2n) is 3.44. The first-order chi connectivity index (χ1) is 8.90. The zero-order valence-corrected chi connectivity index (χ0v) is 11.6. The summed E-state index contributed by atoms with van der Waals surface area (Å²) in [6, 6.07) is 5.00. The van der Waals surface area contributed by atoms with E-state index < -0.39 is 16.0 Å². The Labute approximate surface area is 116 Å². The fraction of sp³-hybridized carbons (Fsp3) is 0. The number of carboxylic acids is 1. The number of halogens is 1. The monoisotopic (exact) mass is 346 g/mol. The standard InChI is InChI=1S/C10H7BrN2O5S/c11-8-2-1-6(5-7(8)10(14)15)19(16,17)13-9-3-4-18-12-9/h1-5H,(H,12,13)(H,14,15). The fourth-order valence-corrected chi connectivity index (χ4v) is 2.73. The molecule has 0 amide bonds. The number of sulfonamides is 1. The number of anilines is 1. The zero-order chi connectivity index (χ0) is 14.0. The van der Waals surface area contributed by atoms with E-state index in [1.54, 1.807) is 0 Å². The van der Waals surface area contributed by atoms with E-state index in [2.05, 4.69) is 30.3 Å². The van der Waals surface area contributed by atoms with Crippen molar-refractivity contribution >= 4 is 37.7 Å². The maximum absolute atomic E-state index is 12.0. The lowest BCUT2D eigenvalue weighted by atomic mass is 10.2. The van der Waals surface area contributed by atoms with Crippen molar-refractivity contribution in [1.82, 2.24) is 5.16 Å². The Morgan fingerprint density at radius 2 is 2.11 bits per heavy atom. The number of carbonyl (C=O) groups is 1. The Morgan fingerprint density at radius 3 is 2.68 bits per heavy atom. The quantitative estimate of drug-likeness (QED) is 0.875. The van der Waals surface area contributed by atoms with Gasteiger partial charge in [0.05, 0.1) is 10.5 Å². The summed E-state index contributed by atoms with van der Waals surface area (Å²) in [4.78, 5) is 10.8. The lowest BCUT2D eigenvalue weighted by Gasteiger charge is -2.06. The maximum Gasteiger partial charge on any atom is 0.336 e. The highest BCUT2D eigenvalue weighted by Gasteiger charge is 2.19. The van der Waals surface area contributed by atoms with Crippen molar-refractivity contribution in [1.29, 1.82) is 0 Å². The molecule has 0 aliphatic heterocycles. The second kappa shape index (κ2) is 5.02. The van der Waals surface area contributed by atoms with E-state index in [1.165, 1.54) is 24.5 Å². The summed E-state index contributed by atoms with van der Waals surface area (Å²) in [5.74, 6) is -1.22. The molecule has 0 saturated carbocycles. The van der Waals surface area contributed by atoms with Crippen LogP contribution in [0.5, 0.6) is 0 Å².